The summed E-state index contributed by atoms with van der Waals surface area (Å²) in [6.07, 6.45) is -3.12. The van der Waals surface area contributed by atoms with Crippen LogP contribution in [0.25, 0.3) is 0 Å². The number of rotatable bonds is 6. The fraction of sp³-hybridized carbons (Fsp3) is 0.292. The van der Waals surface area contributed by atoms with Gasteiger partial charge in [-0.2, -0.15) is 13.2 Å². The number of amides is 2. The monoisotopic (exact) mass is 502 g/mol. The molecule has 9 nitrogen and oxygen atoms in total. The maximum absolute atomic E-state index is 13.1. The highest BCUT2D eigenvalue weighted by Crippen LogP contribution is 2.33. The molecule has 0 unspecified atom stereocenters. The zero-order valence-corrected chi connectivity index (χ0v) is 19.3. The minimum absolute atomic E-state index is 0.0113. The van der Waals surface area contributed by atoms with Crippen LogP contribution >= 0.6 is 0 Å². The molecule has 4 N–H and O–H groups in total. The van der Waals surface area contributed by atoms with Gasteiger partial charge in [0.1, 0.15) is 17.9 Å². The smallest absolute Gasteiger partial charge is 0.416 e. The number of carbonyl (C=O) groups is 1. The van der Waals surface area contributed by atoms with Crippen molar-refractivity contribution >= 4 is 23.2 Å². The maximum Gasteiger partial charge on any atom is 0.416 e. The SMILES string of the molecule is Cc1ccc(NC(=O)Nc2ccc(Oc3cc(N4CCNC[C@H]4CO)ncn3)cc2)cc1C(F)(F)F. The molecule has 12 heteroatoms. The van der Waals surface area contributed by atoms with E-state index in [0.29, 0.717) is 36.2 Å². The lowest BCUT2D eigenvalue weighted by atomic mass is 10.1. The summed E-state index contributed by atoms with van der Waals surface area (Å²) in [4.78, 5) is 22.7. The first kappa shape index (κ1) is 25.2. The molecule has 190 valence electrons. The van der Waals surface area contributed by atoms with Crippen LogP contribution in [-0.4, -0.2) is 53.4 Å². The topological polar surface area (TPSA) is 112 Å². The highest BCUT2D eigenvalue weighted by atomic mass is 19.4. The zero-order chi connectivity index (χ0) is 25.7. The Morgan fingerprint density at radius 1 is 1.14 bits per heavy atom. The van der Waals surface area contributed by atoms with Crippen molar-refractivity contribution < 1.29 is 27.8 Å². The van der Waals surface area contributed by atoms with Crippen LogP contribution in [0.4, 0.5) is 35.2 Å². The van der Waals surface area contributed by atoms with Crippen molar-refractivity contribution in [3.63, 3.8) is 0 Å². The van der Waals surface area contributed by atoms with E-state index in [9.17, 15) is 23.1 Å². The number of alkyl halides is 3. The molecule has 3 aromatic rings. The van der Waals surface area contributed by atoms with Crippen LogP contribution in [0.2, 0.25) is 0 Å². The van der Waals surface area contributed by atoms with Gasteiger partial charge in [0.25, 0.3) is 0 Å². The Morgan fingerprint density at radius 3 is 2.58 bits per heavy atom. The van der Waals surface area contributed by atoms with Crippen molar-refractivity contribution in [2.75, 3.05) is 41.8 Å². The number of aromatic nitrogens is 2. The Bertz CT molecular complexity index is 1210. The summed E-state index contributed by atoms with van der Waals surface area (Å²) >= 11 is 0. The number of carbonyl (C=O) groups excluding carboxylic acids is 1. The van der Waals surface area contributed by atoms with Gasteiger partial charge < -0.3 is 30.7 Å². The minimum Gasteiger partial charge on any atom is -0.439 e. The number of hydrogen-bond acceptors (Lipinski definition) is 7. The summed E-state index contributed by atoms with van der Waals surface area (Å²) in [6.45, 7) is 3.45. The number of aryl methyl sites for hydroxylation is 1. The second-order valence-corrected chi connectivity index (χ2v) is 8.18. The van der Waals surface area contributed by atoms with E-state index in [4.69, 9.17) is 4.74 Å². The van der Waals surface area contributed by atoms with Crippen LogP contribution in [0.15, 0.2) is 54.9 Å². The van der Waals surface area contributed by atoms with Gasteiger partial charge in [-0.3, -0.25) is 0 Å². The molecule has 2 aromatic carbocycles. The van der Waals surface area contributed by atoms with Gasteiger partial charge in [0, 0.05) is 37.1 Å². The first-order chi connectivity index (χ1) is 17.2. The van der Waals surface area contributed by atoms with E-state index in [1.165, 1.54) is 25.4 Å². The Morgan fingerprint density at radius 2 is 1.86 bits per heavy atom. The maximum atomic E-state index is 13.1. The minimum atomic E-state index is -4.51. The van der Waals surface area contributed by atoms with E-state index >= 15 is 0 Å². The fourth-order valence-corrected chi connectivity index (χ4v) is 3.79. The molecule has 1 saturated heterocycles. The van der Waals surface area contributed by atoms with Gasteiger partial charge >= 0.3 is 12.2 Å². The molecule has 0 spiro atoms. The van der Waals surface area contributed by atoms with Crippen molar-refractivity contribution in [1.82, 2.24) is 15.3 Å². The molecule has 1 atom stereocenters. The molecule has 1 aromatic heterocycles. The average Bonchev–Trinajstić information content (AvgIpc) is 2.86. The number of aliphatic hydroxyl groups excluding tert-OH is 1. The molecule has 36 heavy (non-hydrogen) atoms. The molecule has 1 aliphatic heterocycles. The highest BCUT2D eigenvalue weighted by Gasteiger charge is 2.32. The third-order valence-corrected chi connectivity index (χ3v) is 5.62. The van der Waals surface area contributed by atoms with E-state index in [2.05, 4.69) is 25.9 Å². The molecule has 2 amide bonds. The number of halogens is 3. The summed E-state index contributed by atoms with van der Waals surface area (Å²) in [5.74, 6) is 1.41. The number of ether oxygens (including phenoxy) is 1. The number of benzene rings is 2. The van der Waals surface area contributed by atoms with Gasteiger partial charge in [-0.1, -0.05) is 6.07 Å². The van der Waals surface area contributed by atoms with E-state index in [-0.39, 0.29) is 23.9 Å². The first-order valence-electron chi connectivity index (χ1n) is 11.2. The number of nitrogens with zero attached hydrogens (tertiary/aromatic N) is 3. The lowest BCUT2D eigenvalue weighted by Gasteiger charge is -2.35. The summed E-state index contributed by atoms with van der Waals surface area (Å²) in [7, 11) is 0. The number of anilines is 3. The highest BCUT2D eigenvalue weighted by molar-refractivity contribution is 5.99. The predicted octanol–water partition coefficient (Wildman–Crippen LogP) is 4.01. The molecule has 0 bridgehead atoms. The Kier molecular flexibility index (Phi) is 7.55. The van der Waals surface area contributed by atoms with Gasteiger partial charge in [0.2, 0.25) is 5.88 Å². The first-order valence-corrected chi connectivity index (χ1v) is 11.2. The number of hydrogen-bond donors (Lipinski definition) is 4. The number of piperazine rings is 1. The van der Waals surface area contributed by atoms with Crippen LogP contribution in [0.5, 0.6) is 11.6 Å². The summed E-state index contributed by atoms with van der Waals surface area (Å²) in [5.41, 5.74) is -0.296. The fourth-order valence-electron chi connectivity index (χ4n) is 3.79. The lowest BCUT2D eigenvalue weighted by molar-refractivity contribution is -0.138. The van der Waals surface area contributed by atoms with Crippen LogP contribution < -0.4 is 25.6 Å². The number of urea groups is 1. The molecule has 1 fully saturated rings. The second-order valence-electron chi connectivity index (χ2n) is 8.18. The summed E-state index contributed by atoms with van der Waals surface area (Å²) < 4.78 is 45.1. The second kappa shape index (κ2) is 10.8. The van der Waals surface area contributed by atoms with Gasteiger partial charge in [0.15, 0.2) is 0 Å². The van der Waals surface area contributed by atoms with E-state index in [0.717, 1.165) is 12.6 Å². The Balaban J connectivity index is 1.37. The average molecular weight is 502 g/mol. The molecule has 1 aliphatic rings. The zero-order valence-electron chi connectivity index (χ0n) is 19.3. The Labute approximate surface area is 205 Å². The van der Waals surface area contributed by atoms with E-state index in [1.807, 2.05) is 4.90 Å². The van der Waals surface area contributed by atoms with Crippen LogP contribution in [0.1, 0.15) is 11.1 Å². The Hall–Kier alpha value is -3.90. The van der Waals surface area contributed by atoms with Gasteiger partial charge in [0.05, 0.1) is 18.2 Å². The van der Waals surface area contributed by atoms with E-state index in [1.54, 1.807) is 30.3 Å². The van der Waals surface area contributed by atoms with Crippen molar-refractivity contribution in [3.05, 3.63) is 66.0 Å². The molecule has 0 radical (unpaired) electrons. The van der Waals surface area contributed by atoms with Gasteiger partial charge in [-0.25, -0.2) is 14.8 Å². The van der Waals surface area contributed by atoms with Crippen molar-refractivity contribution in [2.45, 2.75) is 19.1 Å². The van der Waals surface area contributed by atoms with Crippen molar-refractivity contribution in [2.24, 2.45) is 0 Å². The molecule has 2 heterocycles. The van der Waals surface area contributed by atoms with Crippen LogP contribution in [0.3, 0.4) is 0 Å². The van der Waals surface area contributed by atoms with Gasteiger partial charge in [-0.05, 0) is 48.9 Å². The molecular formula is C24H25F3N6O3. The normalized spacial score (nSPS) is 15.9. The van der Waals surface area contributed by atoms with E-state index < -0.39 is 17.8 Å². The third kappa shape index (κ3) is 6.20. The molecule has 0 saturated carbocycles. The number of nitrogens with one attached hydrogen (secondary N) is 3. The third-order valence-electron chi connectivity index (χ3n) is 5.62. The molecule has 0 aliphatic carbocycles. The van der Waals surface area contributed by atoms with Crippen molar-refractivity contribution in [3.8, 4) is 11.6 Å². The summed E-state index contributed by atoms with van der Waals surface area (Å²) in [6, 6.07) is 10.9. The predicted molar refractivity (Wildman–Crippen MR) is 128 cm³/mol. The molecular weight excluding hydrogens is 477 g/mol. The van der Waals surface area contributed by atoms with Gasteiger partial charge in [-0.15, -0.1) is 0 Å². The largest absolute Gasteiger partial charge is 0.439 e. The van der Waals surface area contributed by atoms with Crippen molar-refractivity contribution in [1.29, 1.82) is 0 Å². The number of aliphatic hydroxyl groups is 1. The summed E-state index contributed by atoms with van der Waals surface area (Å²) in [5, 5.41) is 17.8. The molecule has 4 rings (SSSR count). The lowest BCUT2D eigenvalue weighted by Crippen LogP contribution is -2.53. The van der Waals surface area contributed by atoms with Crippen LogP contribution in [-0.2, 0) is 6.18 Å². The standard InChI is InChI=1S/C24H25F3N6O3/c1-15-2-3-17(10-20(15)24(25,26)27)32-23(35)31-16-4-6-19(7-5-16)36-22-11-21(29-14-30-22)33-9-8-28-12-18(33)13-34/h2-7,10-11,14,18,28,34H,8-9,12-13H2,1H3,(H2,31,32,35)/t18-/m0/s1. The van der Waals surface area contributed by atoms with Crippen LogP contribution in [0, 0.1) is 6.92 Å². The quantitative estimate of drug-likeness (QED) is 0.403.